The summed E-state index contributed by atoms with van der Waals surface area (Å²) in [6, 6.07) is 16.0. The first-order valence-corrected chi connectivity index (χ1v) is 5.63. The van der Waals surface area contributed by atoms with Crippen LogP contribution in [0.15, 0.2) is 60.2 Å². The summed E-state index contributed by atoms with van der Waals surface area (Å²) in [6.07, 6.45) is 0. The number of nitrogens with zero attached hydrogens (tertiary/aromatic N) is 3. The maximum absolute atomic E-state index is 8.47. The quantitative estimate of drug-likeness (QED) is 0.411. The van der Waals surface area contributed by atoms with Gasteiger partial charge >= 0.3 is 0 Å². The Balaban J connectivity index is 2.55. The third-order valence-corrected chi connectivity index (χ3v) is 2.89. The number of benzene rings is 2. The molecule has 0 aliphatic carbocycles. The molecule has 0 aromatic heterocycles. The first-order valence-electron chi connectivity index (χ1n) is 5.63. The van der Waals surface area contributed by atoms with Crippen molar-refractivity contribution in [2.24, 2.45) is 5.11 Å². The first-order chi connectivity index (χ1) is 8.74. The lowest BCUT2D eigenvalue weighted by Gasteiger charge is -2.11. The third-order valence-electron chi connectivity index (χ3n) is 2.89. The van der Waals surface area contributed by atoms with Crippen LogP contribution in [0.5, 0.6) is 0 Å². The van der Waals surface area contributed by atoms with Crippen LogP contribution in [0.2, 0.25) is 0 Å². The summed E-state index contributed by atoms with van der Waals surface area (Å²) in [7, 11) is 0. The van der Waals surface area contributed by atoms with Crippen LogP contribution in [0.4, 0.5) is 0 Å². The van der Waals surface area contributed by atoms with Gasteiger partial charge in [-0.15, -0.1) is 0 Å². The minimum atomic E-state index is 0.452. The van der Waals surface area contributed by atoms with E-state index in [9.17, 15) is 0 Å². The highest BCUT2D eigenvalue weighted by Gasteiger charge is 2.07. The molecule has 0 heterocycles. The van der Waals surface area contributed by atoms with E-state index in [1.165, 1.54) is 0 Å². The molecule has 0 aliphatic heterocycles. The van der Waals surface area contributed by atoms with Gasteiger partial charge < -0.3 is 0 Å². The van der Waals surface area contributed by atoms with Crippen molar-refractivity contribution in [1.29, 1.82) is 0 Å². The van der Waals surface area contributed by atoms with Gasteiger partial charge in [-0.25, -0.2) is 0 Å². The van der Waals surface area contributed by atoms with Crippen molar-refractivity contribution >= 4 is 5.70 Å². The molecule has 0 N–H and O–H groups in total. The SMILES string of the molecule is C=C(N=[N+]=[N-])c1cccc(-c2ccccc2)c1C. The Morgan fingerprint density at radius 3 is 2.50 bits per heavy atom. The average molecular weight is 235 g/mol. The Bertz CT molecular complexity index is 623. The van der Waals surface area contributed by atoms with Crippen LogP contribution < -0.4 is 0 Å². The van der Waals surface area contributed by atoms with Crippen LogP contribution in [0.1, 0.15) is 11.1 Å². The molecule has 0 radical (unpaired) electrons. The topological polar surface area (TPSA) is 48.8 Å². The number of rotatable bonds is 3. The molecule has 88 valence electrons. The van der Waals surface area contributed by atoms with Crippen molar-refractivity contribution in [3.05, 3.63) is 76.7 Å². The van der Waals surface area contributed by atoms with E-state index in [1.54, 1.807) is 0 Å². The smallest absolute Gasteiger partial charge is 0.0378 e. The Morgan fingerprint density at radius 2 is 1.83 bits per heavy atom. The molecule has 0 spiro atoms. The molecular formula is C15H13N3. The zero-order valence-corrected chi connectivity index (χ0v) is 10.2. The fraction of sp³-hybridized carbons (Fsp3) is 0.0667. The van der Waals surface area contributed by atoms with Crippen molar-refractivity contribution in [1.82, 2.24) is 0 Å². The molecule has 3 nitrogen and oxygen atoms in total. The van der Waals surface area contributed by atoms with Gasteiger partial charge in [0.1, 0.15) is 0 Å². The monoisotopic (exact) mass is 235 g/mol. The van der Waals surface area contributed by atoms with Crippen molar-refractivity contribution in [2.45, 2.75) is 6.92 Å². The maximum Gasteiger partial charge on any atom is 0.0378 e. The number of hydrogen-bond acceptors (Lipinski definition) is 1. The summed E-state index contributed by atoms with van der Waals surface area (Å²) in [5.41, 5.74) is 13.1. The van der Waals surface area contributed by atoms with Gasteiger partial charge in [0.25, 0.3) is 0 Å². The summed E-state index contributed by atoms with van der Waals surface area (Å²) >= 11 is 0. The predicted molar refractivity (Wildman–Crippen MR) is 74.8 cm³/mol. The Hall–Kier alpha value is -2.51. The van der Waals surface area contributed by atoms with Gasteiger partial charge in [-0.2, -0.15) is 0 Å². The van der Waals surface area contributed by atoms with E-state index in [0.29, 0.717) is 5.70 Å². The molecule has 0 fully saturated rings. The molecule has 18 heavy (non-hydrogen) atoms. The lowest BCUT2D eigenvalue weighted by Crippen LogP contribution is -1.89. The van der Waals surface area contributed by atoms with Gasteiger partial charge in [0, 0.05) is 10.6 Å². The van der Waals surface area contributed by atoms with Gasteiger partial charge in [0.2, 0.25) is 0 Å². The molecule has 2 aromatic carbocycles. The molecule has 0 unspecified atom stereocenters. The second kappa shape index (κ2) is 5.21. The Kier molecular flexibility index (Phi) is 3.46. The summed E-state index contributed by atoms with van der Waals surface area (Å²) < 4.78 is 0. The van der Waals surface area contributed by atoms with Crippen LogP contribution in [0.25, 0.3) is 27.3 Å². The summed E-state index contributed by atoms with van der Waals surface area (Å²) in [5, 5.41) is 3.58. The van der Waals surface area contributed by atoms with Gasteiger partial charge in [0.15, 0.2) is 0 Å². The van der Waals surface area contributed by atoms with Gasteiger partial charge in [-0.05, 0) is 34.7 Å². The van der Waals surface area contributed by atoms with E-state index < -0.39 is 0 Å². The van der Waals surface area contributed by atoms with Gasteiger partial charge in [0.05, 0.1) is 0 Å². The highest BCUT2D eigenvalue weighted by molar-refractivity contribution is 5.75. The molecule has 0 saturated heterocycles. The standard InChI is InChI=1S/C15H13N3/c1-11-14(12(2)17-18-16)9-6-10-15(11)13-7-4-3-5-8-13/h3-10H,2H2,1H3. The molecule has 0 atom stereocenters. The summed E-state index contributed by atoms with van der Waals surface area (Å²) in [4.78, 5) is 2.78. The highest BCUT2D eigenvalue weighted by atomic mass is 15.1. The molecule has 2 rings (SSSR count). The molecule has 0 amide bonds. The van der Waals surface area contributed by atoms with Crippen molar-refractivity contribution in [3.63, 3.8) is 0 Å². The molecule has 0 saturated carbocycles. The predicted octanol–water partition coefficient (Wildman–Crippen LogP) is 4.94. The molecule has 2 aromatic rings. The van der Waals surface area contributed by atoms with E-state index >= 15 is 0 Å². The van der Waals surface area contributed by atoms with Gasteiger partial charge in [-0.1, -0.05) is 60.2 Å². The number of azide groups is 1. The van der Waals surface area contributed by atoms with E-state index in [4.69, 9.17) is 5.53 Å². The van der Waals surface area contributed by atoms with Crippen LogP contribution >= 0.6 is 0 Å². The Morgan fingerprint density at radius 1 is 1.11 bits per heavy atom. The number of hydrogen-bond donors (Lipinski definition) is 0. The summed E-state index contributed by atoms with van der Waals surface area (Å²) in [6.45, 7) is 5.80. The Labute approximate surface area is 106 Å². The average Bonchev–Trinajstić information content (AvgIpc) is 2.40. The van der Waals surface area contributed by atoms with Crippen molar-refractivity contribution in [2.75, 3.05) is 0 Å². The van der Waals surface area contributed by atoms with Gasteiger partial charge in [-0.3, -0.25) is 0 Å². The molecule has 3 heteroatoms. The second-order valence-corrected chi connectivity index (χ2v) is 3.98. The third kappa shape index (κ3) is 2.26. The zero-order chi connectivity index (χ0) is 13.0. The second-order valence-electron chi connectivity index (χ2n) is 3.98. The minimum absolute atomic E-state index is 0.452. The fourth-order valence-electron chi connectivity index (χ4n) is 1.99. The zero-order valence-electron chi connectivity index (χ0n) is 10.2. The van der Waals surface area contributed by atoms with Crippen LogP contribution in [-0.2, 0) is 0 Å². The summed E-state index contributed by atoms with van der Waals surface area (Å²) in [5.74, 6) is 0. The minimum Gasteiger partial charge on any atom is -0.0889 e. The van der Waals surface area contributed by atoms with E-state index in [2.05, 4.69) is 34.8 Å². The van der Waals surface area contributed by atoms with Crippen molar-refractivity contribution < 1.29 is 0 Å². The van der Waals surface area contributed by atoms with E-state index in [0.717, 1.165) is 22.3 Å². The lowest BCUT2D eigenvalue weighted by atomic mass is 9.95. The maximum atomic E-state index is 8.47. The largest absolute Gasteiger partial charge is 0.0889 e. The molecular weight excluding hydrogens is 222 g/mol. The van der Waals surface area contributed by atoms with E-state index in [1.807, 2.05) is 37.3 Å². The normalized spacial score (nSPS) is 9.61. The van der Waals surface area contributed by atoms with Crippen molar-refractivity contribution in [3.8, 4) is 11.1 Å². The van der Waals surface area contributed by atoms with Crippen LogP contribution in [0.3, 0.4) is 0 Å². The molecule has 0 aliphatic rings. The fourth-order valence-corrected chi connectivity index (χ4v) is 1.99. The first kappa shape index (κ1) is 12.0. The highest BCUT2D eigenvalue weighted by Crippen LogP contribution is 2.28. The lowest BCUT2D eigenvalue weighted by molar-refractivity contribution is 1.38. The van der Waals surface area contributed by atoms with Crippen LogP contribution in [0, 0.1) is 6.92 Å². The van der Waals surface area contributed by atoms with E-state index in [-0.39, 0.29) is 0 Å². The molecule has 0 bridgehead atoms. The van der Waals surface area contributed by atoms with Crippen LogP contribution in [-0.4, -0.2) is 0 Å².